The molecule has 1 unspecified atom stereocenters. The lowest BCUT2D eigenvalue weighted by Crippen LogP contribution is -2.22. The van der Waals surface area contributed by atoms with Gasteiger partial charge in [-0.15, -0.1) is 0 Å². The number of nitrogens with one attached hydrogen (secondary N) is 1. The highest BCUT2D eigenvalue weighted by Crippen LogP contribution is 2.23. The van der Waals surface area contributed by atoms with Crippen molar-refractivity contribution in [1.29, 1.82) is 0 Å². The van der Waals surface area contributed by atoms with Crippen molar-refractivity contribution in [2.75, 3.05) is 12.4 Å². The van der Waals surface area contributed by atoms with Crippen LogP contribution in [0.1, 0.15) is 18.1 Å². The van der Waals surface area contributed by atoms with E-state index in [2.05, 4.69) is 5.32 Å². The lowest BCUT2D eigenvalue weighted by Gasteiger charge is -2.14. The van der Waals surface area contributed by atoms with Gasteiger partial charge >= 0.3 is 0 Å². The van der Waals surface area contributed by atoms with Gasteiger partial charge in [-0.05, 0) is 42.3 Å². The van der Waals surface area contributed by atoms with Gasteiger partial charge in [0.05, 0.1) is 13.7 Å². The molecule has 0 bridgehead atoms. The number of aliphatic hydroxyl groups is 1. The Morgan fingerprint density at radius 3 is 2.57 bits per heavy atom. The van der Waals surface area contributed by atoms with Gasteiger partial charge in [0.1, 0.15) is 5.75 Å². The second-order valence-corrected chi connectivity index (χ2v) is 5.84. The predicted molar refractivity (Wildman–Crippen MR) is 91.9 cm³/mol. The first-order valence-corrected chi connectivity index (χ1v) is 7.74. The second kappa shape index (κ2) is 7.99. The third kappa shape index (κ3) is 4.71. The molecule has 1 amide bonds. The minimum absolute atomic E-state index is 0.0750. The van der Waals surface area contributed by atoms with E-state index in [1.807, 2.05) is 31.2 Å². The molecule has 0 fully saturated rings. The first kappa shape index (κ1) is 17.3. The maximum absolute atomic E-state index is 12.3. The molecule has 2 rings (SSSR count). The molecular formula is C18H20ClNO3. The Balaban J connectivity index is 2.01. The van der Waals surface area contributed by atoms with Crippen LogP contribution in [0.4, 0.5) is 5.69 Å². The highest BCUT2D eigenvalue weighted by Gasteiger charge is 2.14. The highest BCUT2D eigenvalue weighted by molar-refractivity contribution is 6.30. The van der Waals surface area contributed by atoms with Crippen molar-refractivity contribution in [2.24, 2.45) is 5.92 Å². The number of ether oxygens (including phenoxy) is 1. The number of methoxy groups -OCH3 is 1. The van der Waals surface area contributed by atoms with Gasteiger partial charge in [0, 0.05) is 22.2 Å². The van der Waals surface area contributed by atoms with E-state index in [0.29, 0.717) is 28.4 Å². The number of benzene rings is 2. The van der Waals surface area contributed by atoms with Crippen LogP contribution in [0.3, 0.4) is 0 Å². The van der Waals surface area contributed by atoms with Crippen LogP contribution in [0.2, 0.25) is 5.02 Å². The summed E-state index contributed by atoms with van der Waals surface area (Å²) in [4.78, 5) is 12.3. The van der Waals surface area contributed by atoms with Crippen LogP contribution in [0.15, 0.2) is 42.5 Å². The molecule has 122 valence electrons. The normalized spacial score (nSPS) is 11.8. The zero-order valence-corrected chi connectivity index (χ0v) is 13.9. The summed E-state index contributed by atoms with van der Waals surface area (Å²) in [5, 5.41) is 12.9. The molecule has 0 aromatic heterocycles. The maximum Gasteiger partial charge on any atom is 0.227 e. The topological polar surface area (TPSA) is 58.6 Å². The average Bonchev–Trinajstić information content (AvgIpc) is 2.56. The molecule has 0 aliphatic heterocycles. The van der Waals surface area contributed by atoms with Crippen molar-refractivity contribution in [2.45, 2.75) is 20.0 Å². The van der Waals surface area contributed by atoms with E-state index in [1.165, 1.54) is 0 Å². The maximum atomic E-state index is 12.3. The standard InChI is InChI=1S/C18H20ClNO3/c1-12(9-13-3-5-15(19)6-4-13)18(22)20-16-7-8-17(23-2)14(10-16)11-21/h3-8,10,12,21H,9,11H2,1-2H3,(H,20,22). The molecule has 0 saturated heterocycles. The van der Waals surface area contributed by atoms with Crippen LogP contribution in [0.5, 0.6) is 5.75 Å². The van der Waals surface area contributed by atoms with Crippen LogP contribution in [-0.4, -0.2) is 18.1 Å². The van der Waals surface area contributed by atoms with Gasteiger partial charge < -0.3 is 15.2 Å². The summed E-state index contributed by atoms with van der Waals surface area (Å²) in [6.45, 7) is 1.73. The highest BCUT2D eigenvalue weighted by atomic mass is 35.5. The van der Waals surface area contributed by atoms with Crippen molar-refractivity contribution >= 4 is 23.2 Å². The fourth-order valence-electron chi connectivity index (χ4n) is 2.31. The van der Waals surface area contributed by atoms with Crippen LogP contribution < -0.4 is 10.1 Å². The van der Waals surface area contributed by atoms with Gasteiger partial charge in [-0.1, -0.05) is 30.7 Å². The summed E-state index contributed by atoms with van der Waals surface area (Å²) in [5.74, 6) is 0.338. The Morgan fingerprint density at radius 1 is 1.26 bits per heavy atom. The molecule has 0 saturated carbocycles. The van der Waals surface area contributed by atoms with Crippen LogP contribution in [-0.2, 0) is 17.8 Å². The monoisotopic (exact) mass is 333 g/mol. The van der Waals surface area contributed by atoms with E-state index in [4.69, 9.17) is 16.3 Å². The van der Waals surface area contributed by atoms with E-state index in [-0.39, 0.29) is 18.4 Å². The number of rotatable bonds is 6. The predicted octanol–water partition coefficient (Wildman–Crippen LogP) is 3.66. The average molecular weight is 334 g/mol. The van der Waals surface area contributed by atoms with Crippen molar-refractivity contribution < 1.29 is 14.6 Å². The molecule has 23 heavy (non-hydrogen) atoms. The number of hydrogen-bond donors (Lipinski definition) is 2. The van der Waals surface area contributed by atoms with Crippen LogP contribution >= 0.6 is 11.6 Å². The number of aliphatic hydroxyl groups excluding tert-OH is 1. The molecule has 0 aliphatic rings. The first-order valence-electron chi connectivity index (χ1n) is 7.36. The lowest BCUT2D eigenvalue weighted by molar-refractivity contribution is -0.119. The zero-order valence-electron chi connectivity index (χ0n) is 13.2. The molecule has 0 aliphatic carbocycles. The number of anilines is 1. The van der Waals surface area contributed by atoms with Gasteiger partial charge in [0.2, 0.25) is 5.91 Å². The van der Waals surface area contributed by atoms with Gasteiger partial charge in [-0.25, -0.2) is 0 Å². The number of halogens is 1. The van der Waals surface area contributed by atoms with Gasteiger partial charge in [0.15, 0.2) is 0 Å². The van der Waals surface area contributed by atoms with Crippen LogP contribution in [0, 0.1) is 5.92 Å². The fraction of sp³-hybridized carbons (Fsp3) is 0.278. The molecule has 5 heteroatoms. The van der Waals surface area contributed by atoms with E-state index in [0.717, 1.165) is 5.56 Å². The van der Waals surface area contributed by atoms with E-state index in [9.17, 15) is 9.90 Å². The minimum Gasteiger partial charge on any atom is -0.496 e. The molecule has 2 aromatic rings. The van der Waals surface area contributed by atoms with Crippen molar-refractivity contribution in [3.05, 3.63) is 58.6 Å². The summed E-state index contributed by atoms with van der Waals surface area (Å²) >= 11 is 5.86. The van der Waals surface area contributed by atoms with Crippen molar-refractivity contribution in [1.82, 2.24) is 0 Å². The van der Waals surface area contributed by atoms with Crippen molar-refractivity contribution in [3.8, 4) is 5.75 Å². The summed E-state index contributed by atoms with van der Waals surface area (Å²) in [5.41, 5.74) is 2.33. The minimum atomic E-state index is -0.184. The molecule has 0 spiro atoms. The Kier molecular flexibility index (Phi) is 6.02. The molecular weight excluding hydrogens is 314 g/mol. The number of amides is 1. The zero-order chi connectivity index (χ0) is 16.8. The molecule has 0 heterocycles. The Labute approximate surface area is 141 Å². The summed E-state index contributed by atoms with van der Waals surface area (Å²) < 4.78 is 5.15. The van der Waals surface area contributed by atoms with Gasteiger partial charge in [-0.3, -0.25) is 4.79 Å². The summed E-state index contributed by atoms with van der Waals surface area (Å²) in [6, 6.07) is 12.7. The quantitative estimate of drug-likeness (QED) is 0.848. The number of carbonyl (C=O) groups is 1. The number of hydrogen-bond acceptors (Lipinski definition) is 3. The largest absolute Gasteiger partial charge is 0.496 e. The Hall–Kier alpha value is -2.04. The van der Waals surface area contributed by atoms with Crippen molar-refractivity contribution in [3.63, 3.8) is 0 Å². The molecule has 0 radical (unpaired) electrons. The van der Waals surface area contributed by atoms with E-state index >= 15 is 0 Å². The molecule has 2 aromatic carbocycles. The molecule has 2 N–H and O–H groups in total. The smallest absolute Gasteiger partial charge is 0.227 e. The SMILES string of the molecule is COc1ccc(NC(=O)C(C)Cc2ccc(Cl)cc2)cc1CO. The second-order valence-electron chi connectivity index (χ2n) is 5.41. The fourth-order valence-corrected chi connectivity index (χ4v) is 2.44. The Morgan fingerprint density at radius 2 is 1.96 bits per heavy atom. The molecule has 4 nitrogen and oxygen atoms in total. The van der Waals surface area contributed by atoms with Gasteiger partial charge in [0.25, 0.3) is 0 Å². The van der Waals surface area contributed by atoms with E-state index < -0.39 is 0 Å². The lowest BCUT2D eigenvalue weighted by atomic mass is 10.0. The van der Waals surface area contributed by atoms with E-state index in [1.54, 1.807) is 25.3 Å². The third-order valence-electron chi connectivity index (χ3n) is 3.62. The molecule has 1 atom stereocenters. The summed E-state index contributed by atoms with van der Waals surface area (Å²) in [6.07, 6.45) is 0.631. The summed E-state index contributed by atoms with van der Waals surface area (Å²) in [7, 11) is 1.54. The number of carbonyl (C=O) groups excluding carboxylic acids is 1. The third-order valence-corrected chi connectivity index (χ3v) is 3.87. The Bertz CT molecular complexity index is 670. The van der Waals surface area contributed by atoms with Gasteiger partial charge in [-0.2, -0.15) is 0 Å². The first-order chi connectivity index (χ1) is 11.0. The van der Waals surface area contributed by atoms with Crippen LogP contribution in [0.25, 0.3) is 0 Å².